The third kappa shape index (κ3) is 3.01. The van der Waals surface area contributed by atoms with Gasteiger partial charge in [-0.1, -0.05) is 12.1 Å². The lowest BCUT2D eigenvalue weighted by atomic mass is 10.1. The first kappa shape index (κ1) is 14.7. The van der Waals surface area contributed by atoms with Gasteiger partial charge in [-0.25, -0.2) is 9.18 Å². The number of halogens is 1. The maximum absolute atomic E-state index is 12.9. The molecule has 114 valence electrons. The number of nitrogens with zero attached hydrogens (tertiary/aromatic N) is 1. The quantitative estimate of drug-likeness (QED) is 0.946. The van der Waals surface area contributed by atoms with E-state index in [1.54, 1.807) is 23.1 Å². The maximum Gasteiger partial charge on any atom is 0.345 e. The standard InChI is InChI=1S/C16H14FNO3S/c17-12-3-1-10(2-4-12)7-15(19)18-6-5-13-11(9-18)8-14(22-13)16(20)21/h1-4,8H,5-7,9H2,(H,20,21). The van der Waals surface area contributed by atoms with E-state index < -0.39 is 5.97 Å². The van der Waals surface area contributed by atoms with Crippen molar-refractivity contribution in [2.45, 2.75) is 19.4 Å². The number of amides is 1. The highest BCUT2D eigenvalue weighted by molar-refractivity contribution is 7.14. The number of carbonyl (C=O) groups is 2. The largest absolute Gasteiger partial charge is 0.477 e. The highest BCUT2D eigenvalue weighted by Gasteiger charge is 2.24. The van der Waals surface area contributed by atoms with Crippen molar-refractivity contribution in [3.8, 4) is 0 Å². The summed E-state index contributed by atoms with van der Waals surface area (Å²) in [5.74, 6) is -1.28. The Balaban J connectivity index is 1.69. The second-order valence-electron chi connectivity index (χ2n) is 5.23. The number of carboxylic acids is 1. The molecule has 0 bridgehead atoms. The van der Waals surface area contributed by atoms with Crippen LogP contribution in [0.5, 0.6) is 0 Å². The molecule has 1 aliphatic heterocycles. The monoisotopic (exact) mass is 319 g/mol. The Labute approximate surface area is 130 Å². The molecular weight excluding hydrogens is 305 g/mol. The summed E-state index contributed by atoms with van der Waals surface area (Å²) >= 11 is 1.28. The third-order valence-electron chi connectivity index (χ3n) is 3.70. The molecule has 1 aromatic carbocycles. The maximum atomic E-state index is 12.9. The fraction of sp³-hybridized carbons (Fsp3) is 0.250. The summed E-state index contributed by atoms with van der Waals surface area (Å²) in [6, 6.07) is 7.55. The molecule has 0 aliphatic carbocycles. The Bertz CT molecular complexity index is 723. The molecule has 1 amide bonds. The van der Waals surface area contributed by atoms with Gasteiger partial charge in [-0.05, 0) is 35.7 Å². The molecule has 1 aromatic heterocycles. The van der Waals surface area contributed by atoms with Crippen LogP contribution in [0.25, 0.3) is 0 Å². The Hall–Kier alpha value is -2.21. The SMILES string of the molecule is O=C(O)c1cc2c(s1)CCN(C(=O)Cc1ccc(F)cc1)C2. The summed E-state index contributed by atoms with van der Waals surface area (Å²) in [5, 5.41) is 9.03. The van der Waals surface area contributed by atoms with Crippen molar-refractivity contribution in [2.24, 2.45) is 0 Å². The van der Waals surface area contributed by atoms with E-state index in [1.165, 1.54) is 23.5 Å². The Morgan fingerprint density at radius 2 is 2.00 bits per heavy atom. The highest BCUT2D eigenvalue weighted by Crippen LogP contribution is 2.28. The van der Waals surface area contributed by atoms with E-state index in [2.05, 4.69) is 0 Å². The lowest BCUT2D eigenvalue weighted by Crippen LogP contribution is -2.36. The molecular formula is C16H14FNO3S. The van der Waals surface area contributed by atoms with Gasteiger partial charge in [0, 0.05) is 18.0 Å². The number of thiophene rings is 1. The van der Waals surface area contributed by atoms with E-state index in [1.807, 2.05) is 0 Å². The first-order valence-corrected chi connectivity index (χ1v) is 7.71. The molecule has 1 aliphatic rings. The average Bonchev–Trinajstić information content (AvgIpc) is 2.93. The van der Waals surface area contributed by atoms with Crippen molar-refractivity contribution >= 4 is 23.2 Å². The Morgan fingerprint density at radius 3 is 2.68 bits per heavy atom. The van der Waals surface area contributed by atoms with Crippen LogP contribution in [-0.4, -0.2) is 28.4 Å². The van der Waals surface area contributed by atoms with Crippen LogP contribution in [0.3, 0.4) is 0 Å². The molecule has 0 saturated carbocycles. The van der Waals surface area contributed by atoms with Gasteiger partial charge in [-0.15, -0.1) is 11.3 Å². The number of rotatable bonds is 3. The van der Waals surface area contributed by atoms with Gasteiger partial charge in [0.1, 0.15) is 10.7 Å². The zero-order valence-corrected chi connectivity index (χ0v) is 12.5. The van der Waals surface area contributed by atoms with Crippen molar-refractivity contribution in [1.82, 2.24) is 4.90 Å². The number of hydrogen-bond donors (Lipinski definition) is 1. The van der Waals surface area contributed by atoms with Crippen molar-refractivity contribution in [1.29, 1.82) is 0 Å². The highest BCUT2D eigenvalue weighted by atomic mass is 32.1. The van der Waals surface area contributed by atoms with Crippen LogP contribution in [0, 0.1) is 5.82 Å². The fourth-order valence-corrected chi connectivity index (χ4v) is 3.54. The molecule has 2 heterocycles. The van der Waals surface area contributed by atoms with Gasteiger partial charge in [-0.2, -0.15) is 0 Å². The minimum absolute atomic E-state index is 0.0275. The normalized spacial score (nSPS) is 13.8. The van der Waals surface area contributed by atoms with E-state index >= 15 is 0 Å². The van der Waals surface area contributed by atoms with Gasteiger partial charge < -0.3 is 10.0 Å². The Morgan fingerprint density at radius 1 is 1.27 bits per heavy atom. The van der Waals surface area contributed by atoms with Crippen LogP contribution < -0.4 is 0 Å². The molecule has 3 rings (SSSR count). The summed E-state index contributed by atoms with van der Waals surface area (Å²) in [6.07, 6.45) is 0.911. The topological polar surface area (TPSA) is 57.6 Å². The number of carbonyl (C=O) groups excluding carboxylic acids is 1. The summed E-state index contributed by atoms with van der Waals surface area (Å²) in [5.41, 5.74) is 1.69. The van der Waals surface area contributed by atoms with Gasteiger partial charge in [0.2, 0.25) is 5.91 Å². The molecule has 2 aromatic rings. The number of fused-ring (bicyclic) bond motifs is 1. The van der Waals surface area contributed by atoms with Crippen LogP contribution >= 0.6 is 11.3 Å². The molecule has 0 spiro atoms. The predicted octanol–water partition coefficient (Wildman–Crippen LogP) is 2.71. The van der Waals surface area contributed by atoms with Crippen LogP contribution in [0.2, 0.25) is 0 Å². The zero-order chi connectivity index (χ0) is 15.7. The van der Waals surface area contributed by atoms with E-state index in [4.69, 9.17) is 5.11 Å². The minimum atomic E-state index is -0.927. The van der Waals surface area contributed by atoms with Crippen LogP contribution in [0.4, 0.5) is 4.39 Å². The molecule has 0 radical (unpaired) electrons. The molecule has 0 fully saturated rings. The second kappa shape index (κ2) is 5.88. The van der Waals surface area contributed by atoms with Gasteiger partial charge in [0.15, 0.2) is 0 Å². The van der Waals surface area contributed by atoms with E-state index in [9.17, 15) is 14.0 Å². The summed E-state index contributed by atoms with van der Waals surface area (Å²) in [6.45, 7) is 1.03. The van der Waals surface area contributed by atoms with Crippen LogP contribution in [0.15, 0.2) is 30.3 Å². The number of benzene rings is 1. The van der Waals surface area contributed by atoms with Crippen molar-refractivity contribution in [2.75, 3.05) is 6.54 Å². The molecule has 4 nitrogen and oxygen atoms in total. The van der Waals surface area contributed by atoms with Crippen LogP contribution in [-0.2, 0) is 24.2 Å². The Kier molecular flexibility index (Phi) is 3.94. The average molecular weight is 319 g/mol. The van der Waals surface area contributed by atoms with E-state index in [0.29, 0.717) is 24.4 Å². The predicted molar refractivity (Wildman–Crippen MR) is 80.5 cm³/mol. The first-order valence-electron chi connectivity index (χ1n) is 6.90. The molecule has 22 heavy (non-hydrogen) atoms. The summed E-state index contributed by atoms with van der Waals surface area (Å²) in [7, 11) is 0. The van der Waals surface area contributed by atoms with Crippen molar-refractivity contribution in [3.63, 3.8) is 0 Å². The van der Waals surface area contributed by atoms with E-state index in [-0.39, 0.29) is 18.1 Å². The van der Waals surface area contributed by atoms with Crippen molar-refractivity contribution < 1.29 is 19.1 Å². The smallest absolute Gasteiger partial charge is 0.345 e. The molecule has 0 unspecified atom stereocenters. The summed E-state index contributed by atoms with van der Waals surface area (Å²) < 4.78 is 12.9. The number of carboxylic acid groups (broad SMARTS) is 1. The van der Waals surface area contributed by atoms with E-state index in [0.717, 1.165) is 16.0 Å². The van der Waals surface area contributed by atoms with Gasteiger partial charge in [0.05, 0.1) is 6.42 Å². The number of hydrogen-bond acceptors (Lipinski definition) is 3. The van der Waals surface area contributed by atoms with Crippen LogP contribution in [0.1, 0.15) is 25.7 Å². The zero-order valence-electron chi connectivity index (χ0n) is 11.7. The van der Waals surface area contributed by atoms with Gasteiger partial charge >= 0.3 is 5.97 Å². The lowest BCUT2D eigenvalue weighted by Gasteiger charge is -2.27. The molecule has 0 atom stereocenters. The second-order valence-corrected chi connectivity index (χ2v) is 6.37. The minimum Gasteiger partial charge on any atom is -0.477 e. The first-order chi connectivity index (χ1) is 10.5. The third-order valence-corrected chi connectivity index (χ3v) is 4.92. The van der Waals surface area contributed by atoms with Gasteiger partial charge in [0.25, 0.3) is 0 Å². The lowest BCUT2D eigenvalue weighted by molar-refractivity contribution is -0.131. The van der Waals surface area contributed by atoms with Crippen molar-refractivity contribution in [3.05, 3.63) is 57.0 Å². The number of aromatic carboxylic acids is 1. The van der Waals surface area contributed by atoms with Gasteiger partial charge in [-0.3, -0.25) is 4.79 Å². The fourth-order valence-electron chi connectivity index (χ4n) is 2.54. The summed E-state index contributed by atoms with van der Waals surface area (Å²) in [4.78, 5) is 26.4. The molecule has 0 saturated heterocycles. The molecule has 1 N–H and O–H groups in total. The molecule has 6 heteroatoms.